The van der Waals surface area contributed by atoms with Crippen LogP contribution in [0.3, 0.4) is 0 Å². The highest BCUT2D eigenvalue weighted by molar-refractivity contribution is 7.89. The van der Waals surface area contributed by atoms with E-state index >= 15 is 0 Å². The van der Waals surface area contributed by atoms with Crippen molar-refractivity contribution in [1.82, 2.24) is 9.21 Å². The maximum absolute atomic E-state index is 13.7. The monoisotopic (exact) mass is 419 g/mol. The number of piperazine rings is 1. The number of anilines is 1. The van der Waals surface area contributed by atoms with Gasteiger partial charge in [0.25, 0.3) is 0 Å². The first-order valence-corrected chi connectivity index (χ1v) is 11.0. The van der Waals surface area contributed by atoms with E-state index in [1.165, 1.54) is 10.4 Å². The SMILES string of the molecule is Cc1c(F)cccc1NC(=O)CN1CC(C)N(S(=O)(=O)c2ccccc2)C(C)C1. The minimum atomic E-state index is -3.61. The Labute approximate surface area is 171 Å². The molecule has 0 aliphatic carbocycles. The summed E-state index contributed by atoms with van der Waals surface area (Å²) < 4.78 is 41.3. The first kappa shape index (κ1) is 21.4. The van der Waals surface area contributed by atoms with Crippen LogP contribution >= 0.6 is 0 Å². The summed E-state index contributed by atoms with van der Waals surface area (Å²) in [7, 11) is -3.61. The Kier molecular flexibility index (Phi) is 6.36. The fourth-order valence-corrected chi connectivity index (χ4v) is 5.70. The lowest BCUT2D eigenvalue weighted by atomic mass is 10.1. The minimum Gasteiger partial charge on any atom is -0.325 e. The van der Waals surface area contributed by atoms with Crippen LogP contribution in [0.5, 0.6) is 0 Å². The van der Waals surface area contributed by atoms with Crippen molar-refractivity contribution in [3.05, 3.63) is 59.9 Å². The van der Waals surface area contributed by atoms with Gasteiger partial charge in [-0.25, -0.2) is 12.8 Å². The van der Waals surface area contributed by atoms with Crippen LogP contribution in [-0.4, -0.2) is 55.2 Å². The topological polar surface area (TPSA) is 69.7 Å². The summed E-state index contributed by atoms with van der Waals surface area (Å²) in [6, 6.07) is 12.4. The zero-order chi connectivity index (χ0) is 21.2. The van der Waals surface area contributed by atoms with E-state index in [4.69, 9.17) is 0 Å². The molecule has 0 bridgehead atoms. The van der Waals surface area contributed by atoms with E-state index in [0.717, 1.165) is 0 Å². The van der Waals surface area contributed by atoms with Crippen LogP contribution in [-0.2, 0) is 14.8 Å². The highest BCUT2D eigenvalue weighted by Crippen LogP contribution is 2.25. The molecule has 156 valence electrons. The smallest absolute Gasteiger partial charge is 0.243 e. The summed E-state index contributed by atoms with van der Waals surface area (Å²) in [5.41, 5.74) is 0.836. The van der Waals surface area contributed by atoms with Crippen molar-refractivity contribution in [2.24, 2.45) is 0 Å². The number of sulfonamides is 1. The molecule has 1 aliphatic heterocycles. The van der Waals surface area contributed by atoms with Gasteiger partial charge in [-0.1, -0.05) is 24.3 Å². The summed E-state index contributed by atoms with van der Waals surface area (Å²) in [4.78, 5) is 14.6. The number of hydrogen-bond donors (Lipinski definition) is 1. The second-order valence-electron chi connectivity index (χ2n) is 7.50. The number of halogens is 1. The Morgan fingerprint density at radius 2 is 1.69 bits per heavy atom. The molecule has 1 aliphatic rings. The average Bonchev–Trinajstić information content (AvgIpc) is 2.65. The third-order valence-electron chi connectivity index (χ3n) is 5.14. The maximum atomic E-state index is 13.7. The van der Waals surface area contributed by atoms with Crippen molar-refractivity contribution >= 4 is 21.6 Å². The molecule has 1 amide bonds. The zero-order valence-corrected chi connectivity index (χ0v) is 17.6. The first-order valence-electron chi connectivity index (χ1n) is 9.56. The van der Waals surface area contributed by atoms with Crippen molar-refractivity contribution in [1.29, 1.82) is 0 Å². The highest BCUT2D eigenvalue weighted by Gasteiger charge is 2.38. The Bertz CT molecular complexity index is 970. The Morgan fingerprint density at radius 3 is 2.31 bits per heavy atom. The molecule has 0 saturated carbocycles. The van der Waals surface area contributed by atoms with E-state index in [2.05, 4.69) is 5.32 Å². The molecule has 1 saturated heterocycles. The van der Waals surface area contributed by atoms with Crippen LogP contribution in [0.4, 0.5) is 10.1 Å². The number of carbonyl (C=O) groups excluding carboxylic acids is 1. The van der Waals surface area contributed by atoms with Gasteiger partial charge in [-0.3, -0.25) is 9.69 Å². The van der Waals surface area contributed by atoms with Gasteiger partial charge in [0.05, 0.1) is 11.4 Å². The molecule has 2 aromatic rings. The van der Waals surface area contributed by atoms with Crippen molar-refractivity contribution in [2.45, 2.75) is 37.8 Å². The number of benzene rings is 2. The van der Waals surface area contributed by atoms with Gasteiger partial charge in [-0.2, -0.15) is 4.31 Å². The van der Waals surface area contributed by atoms with Crippen LogP contribution in [0.2, 0.25) is 0 Å². The number of hydrogen-bond acceptors (Lipinski definition) is 4. The second kappa shape index (κ2) is 8.61. The van der Waals surface area contributed by atoms with Crippen molar-refractivity contribution < 1.29 is 17.6 Å². The van der Waals surface area contributed by atoms with E-state index in [9.17, 15) is 17.6 Å². The fraction of sp³-hybridized carbons (Fsp3) is 0.381. The molecule has 0 spiro atoms. The Hall–Kier alpha value is -2.29. The number of carbonyl (C=O) groups is 1. The molecule has 29 heavy (non-hydrogen) atoms. The van der Waals surface area contributed by atoms with Crippen molar-refractivity contribution in [3.63, 3.8) is 0 Å². The van der Waals surface area contributed by atoms with Gasteiger partial charge in [0.1, 0.15) is 5.82 Å². The van der Waals surface area contributed by atoms with E-state index in [1.54, 1.807) is 49.4 Å². The van der Waals surface area contributed by atoms with Crippen LogP contribution in [0.15, 0.2) is 53.4 Å². The minimum absolute atomic E-state index is 0.115. The summed E-state index contributed by atoms with van der Waals surface area (Å²) in [5.74, 6) is -0.623. The van der Waals surface area contributed by atoms with Gasteiger partial charge in [0, 0.05) is 36.4 Å². The highest BCUT2D eigenvalue weighted by atomic mass is 32.2. The van der Waals surface area contributed by atoms with Gasteiger partial charge < -0.3 is 5.32 Å². The third-order valence-corrected chi connectivity index (χ3v) is 7.28. The maximum Gasteiger partial charge on any atom is 0.243 e. The molecular weight excluding hydrogens is 393 g/mol. The number of nitrogens with one attached hydrogen (secondary N) is 1. The van der Waals surface area contributed by atoms with Crippen molar-refractivity contribution in [3.8, 4) is 0 Å². The van der Waals surface area contributed by atoms with Crippen LogP contribution in [0.1, 0.15) is 19.4 Å². The molecule has 1 heterocycles. The number of amides is 1. The lowest BCUT2D eigenvalue weighted by Gasteiger charge is -2.43. The molecular formula is C21H26FN3O3S. The standard InChI is InChI=1S/C21H26FN3O3S/c1-15-12-24(14-21(26)23-20-11-7-10-19(22)17(20)3)13-16(2)25(15)29(27,28)18-8-5-4-6-9-18/h4-11,15-16H,12-14H2,1-3H3,(H,23,26). The lowest BCUT2D eigenvalue weighted by Crippen LogP contribution is -2.59. The molecule has 0 aromatic heterocycles. The Morgan fingerprint density at radius 1 is 1.07 bits per heavy atom. The summed E-state index contributed by atoms with van der Waals surface area (Å²) in [5, 5.41) is 2.74. The van der Waals surface area contributed by atoms with Crippen molar-refractivity contribution in [2.75, 3.05) is 25.0 Å². The van der Waals surface area contributed by atoms with E-state index in [0.29, 0.717) is 24.3 Å². The van der Waals surface area contributed by atoms with Crippen LogP contribution < -0.4 is 5.32 Å². The molecule has 2 aromatic carbocycles. The average molecular weight is 420 g/mol. The molecule has 1 N–H and O–H groups in total. The fourth-order valence-electron chi connectivity index (χ4n) is 3.87. The molecule has 3 rings (SSSR count). The molecule has 0 radical (unpaired) electrons. The quantitative estimate of drug-likeness (QED) is 0.809. The molecule has 6 nitrogen and oxygen atoms in total. The molecule has 2 atom stereocenters. The molecule has 1 fully saturated rings. The second-order valence-corrected chi connectivity index (χ2v) is 9.34. The van der Waals surface area contributed by atoms with E-state index in [1.807, 2.05) is 18.7 Å². The van der Waals surface area contributed by atoms with E-state index < -0.39 is 10.0 Å². The lowest BCUT2D eigenvalue weighted by molar-refractivity contribution is -0.118. The van der Waals surface area contributed by atoms with E-state index in [-0.39, 0.29) is 35.2 Å². The zero-order valence-electron chi connectivity index (χ0n) is 16.8. The Balaban J connectivity index is 1.67. The summed E-state index contributed by atoms with van der Waals surface area (Å²) in [6.07, 6.45) is 0. The summed E-state index contributed by atoms with van der Waals surface area (Å²) in [6.45, 7) is 6.29. The van der Waals surface area contributed by atoms with Gasteiger partial charge in [-0.15, -0.1) is 0 Å². The van der Waals surface area contributed by atoms with Gasteiger partial charge in [-0.05, 0) is 45.0 Å². The van der Waals surface area contributed by atoms with Gasteiger partial charge >= 0.3 is 0 Å². The third kappa shape index (κ3) is 4.66. The largest absolute Gasteiger partial charge is 0.325 e. The van der Waals surface area contributed by atoms with Crippen LogP contribution in [0.25, 0.3) is 0 Å². The summed E-state index contributed by atoms with van der Waals surface area (Å²) >= 11 is 0. The normalized spacial score (nSPS) is 21.1. The number of nitrogens with zero attached hydrogens (tertiary/aromatic N) is 2. The predicted octanol–water partition coefficient (Wildman–Crippen LogP) is 2.86. The van der Waals surface area contributed by atoms with Gasteiger partial charge in [0.2, 0.25) is 15.9 Å². The predicted molar refractivity (Wildman–Crippen MR) is 111 cm³/mol. The molecule has 2 unspecified atom stereocenters. The van der Waals surface area contributed by atoms with Crippen LogP contribution in [0, 0.1) is 12.7 Å². The number of rotatable bonds is 5. The first-order chi connectivity index (χ1) is 13.7. The molecule has 8 heteroatoms. The van der Waals surface area contributed by atoms with Gasteiger partial charge in [0.15, 0.2) is 0 Å².